The number of nitrogens with zero attached hydrogens (tertiary/aromatic N) is 2. The van der Waals surface area contributed by atoms with E-state index in [1.165, 1.54) is 5.56 Å². The summed E-state index contributed by atoms with van der Waals surface area (Å²) in [6.07, 6.45) is 0. The first-order valence-electron chi connectivity index (χ1n) is 8.24. The fourth-order valence-corrected chi connectivity index (χ4v) is 3.35. The third-order valence-corrected chi connectivity index (χ3v) is 5.00. The normalized spacial score (nSPS) is 24.4. The predicted molar refractivity (Wildman–Crippen MR) is 90.6 cm³/mol. The maximum absolute atomic E-state index is 12.5. The number of halogens is 1. The van der Waals surface area contributed by atoms with Gasteiger partial charge < -0.3 is 15.0 Å². The predicted octanol–water partition coefficient (Wildman–Crippen LogP) is 1.53. The molecular formula is C17H24ClN3O2. The zero-order valence-corrected chi connectivity index (χ0v) is 14.3. The third kappa shape index (κ3) is 4.04. The molecule has 1 amide bonds. The summed E-state index contributed by atoms with van der Waals surface area (Å²) in [5, 5.41) is 4.00. The minimum atomic E-state index is -0.177. The Balaban J connectivity index is 1.53. The Kier molecular flexibility index (Phi) is 5.54. The van der Waals surface area contributed by atoms with Gasteiger partial charge in [0.25, 0.3) is 0 Å². The third-order valence-electron chi connectivity index (χ3n) is 4.75. The van der Waals surface area contributed by atoms with E-state index >= 15 is 0 Å². The SMILES string of the molecule is CC(c1ccc(Cl)cc1)N1CCN(C(=O)C2COCCN2)CC1. The van der Waals surface area contributed by atoms with Gasteiger partial charge in [0.15, 0.2) is 0 Å². The van der Waals surface area contributed by atoms with E-state index in [2.05, 4.69) is 29.3 Å². The average Bonchev–Trinajstić information content (AvgIpc) is 2.62. The molecule has 0 saturated carbocycles. The summed E-state index contributed by atoms with van der Waals surface area (Å²) in [6, 6.07) is 8.18. The number of nitrogens with one attached hydrogen (secondary N) is 1. The molecule has 6 heteroatoms. The lowest BCUT2D eigenvalue weighted by Gasteiger charge is -2.39. The molecule has 1 aromatic carbocycles. The summed E-state index contributed by atoms with van der Waals surface area (Å²) in [5.41, 5.74) is 1.26. The molecule has 2 aliphatic rings. The minimum Gasteiger partial charge on any atom is -0.378 e. The molecule has 1 N–H and O–H groups in total. The van der Waals surface area contributed by atoms with E-state index in [1.807, 2.05) is 17.0 Å². The number of ether oxygens (including phenoxy) is 1. The van der Waals surface area contributed by atoms with Crippen LogP contribution in [-0.2, 0) is 9.53 Å². The van der Waals surface area contributed by atoms with E-state index in [0.29, 0.717) is 19.3 Å². The molecule has 2 saturated heterocycles. The summed E-state index contributed by atoms with van der Waals surface area (Å²) < 4.78 is 5.39. The molecule has 2 unspecified atom stereocenters. The van der Waals surface area contributed by atoms with Crippen molar-refractivity contribution in [1.82, 2.24) is 15.1 Å². The van der Waals surface area contributed by atoms with Crippen LogP contribution < -0.4 is 5.32 Å². The molecule has 0 spiro atoms. The molecule has 0 aromatic heterocycles. The van der Waals surface area contributed by atoms with Gasteiger partial charge in [-0.2, -0.15) is 0 Å². The van der Waals surface area contributed by atoms with Crippen molar-refractivity contribution in [3.63, 3.8) is 0 Å². The standard InChI is InChI=1S/C17H24ClN3O2/c1-13(14-2-4-15(18)5-3-14)20-7-9-21(10-8-20)17(22)16-12-23-11-6-19-16/h2-5,13,16,19H,6-12H2,1H3. The van der Waals surface area contributed by atoms with Gasteiger partial charge in [0, 0.05) is 43.8 Å². The molecule has 3 rings (SSSR count). The zero-order valence-electron chi connectivity index (χ0n) is 13.5. The van der Waals surface area contributed by atoms with E-state index in [9.17, 15) is 4.79 Å². The number of hydrogen-bond donors (Lipinski definition) is 1. The van der Waals surface area contributed by atoms with Gasteiger partial charge in [-0.1, -0.05) is 23.7 Å². The largest absolute Gasteiger partial charge is 0.378 e. The van der Waals surface area contributed by atoms with Gasteiger partial charge in [0.1, 0.15) is 6.04 Å². The molecule has 126 valence electrons. The number of amides is 1. The van der Waals surface area contributed by atoms with Crippen LogP contribution in [0.15, 0.2) is 24.3 Å². The number of benzene rings is 1. The van der Waals surface area contributed by atoms with E-state index < -0.39 is 0 Å². The number of morpholine rings is 1. The Bertz CT molecular complexity index is 523. The number of carbonyl (C=O) groups excluding carboxylic acids is 1. The highest BCUT2D eigenvalue weighted by Gasteiger charge is 2.30. The highest BCUT2D eigenvalue weighted by molar-refractivity contribution is 6.30. The first-order valence-corrected chi connectivity index (χ1v) is 8.62. The first kappa shape index (κ1) is 16.7. The van der Waals surface area contributed by atoms with Crippen molar-refractivity contribution >= 4 is 17.5 Å². The van der Waals surface area contributed by atoms with Gasteiger partial charge in [-0.3, -0.25) is 9.69 Å². The van der Waals surface area contributed by atoms with Gasteiger partial charge >= 0.3 is 0 Å². The topological polar surface area (TPSA) is 44.8 Å². The molecule has 23 heavy (non-hydrogen) atoms. The Labute approximate surface area is 142 Å². The summed E-state index contributed by atoms with van der Waals surface area (Å²) >= 11 is 5.96. The fourth-order valence-electron chi connectivity index (χ4n) is 3.23. The molecule has 2 heterocycles. The molecule has 2 atom stereocenters. The van der Waals surface area contributed by atoms with Gasteiger partial charge in [0.05, 0.1) is 13.2 Å². The number of piperazine rings is 1. The molecule has 0 aliphatic carbocycles. The van der Waals surface area contributed by atoms with Crippen molar-refractivity contribution < 1.29 is 9.53 Å². The quantitative estimate of drug-likeness (QED) is 0.908. The van der Waals surface area contributed by atoms with Crippen LogP contribution in [-0.4, -0.2) is 67.7 Å². The van der Waals surface area contributed by atoms with Crippen molar-refractivity contribution in [2.75, 3.05) is 45.9 Å². The van der Waals surface area contributed by atoms with Gasteiger partial charge in [-0.25, -0.2) is 0 Å². The highest BCUT2D eigenvalue weighted by atomic mass is 35.5. The molecule has 0 bridgehead atoms. The van der Waals surface area contributed by atoms with E-state index in [1.54, 1.807) is 0 Å². The fraction of sp³-hybridized carbons (Fsp3) is 0.588. The lowest BCUT2D eigenvalue weighted by atomic mass is 10.1. The second-order valence-electron chi connectivity index (χ2n) is 6.17. The second kappa shape index (κ2) is 7.62. The summed E-state index contributed by atoms with van der Waals surface area (Å²) in [5.74, 6) is 0.170. The lowest BCUT2D eigenvalue weighted by Crippen LogP contribution is -2.57. The summed E-state index contributed by atoms with van der Waals surface area (Å²) in [4.78, 5) is 16.9. The van der Waals surface area contributed by atoms with E-state index in [4.69, 9.17) is 16.3 Å². The van der Waals surface area contributed by atoms with Crippen LogP contribution in [0.5, 0.6) is 0 Å². The van der Waals surface area contributed by atoms with Crippen LogP contribution in [0, 0.1) is 0 Å². The van der Waals surface area contributed by atoms with Gasteiger partial charge in [-0.05, 0) is 24.6 Å². The molecule has 0 radical (unpaired) electrons. The van der Waals surface area contributed by atoms with Crippen LogP contribution in [0.3, 0.4) is 0 Å². The van der Waals surface area contributed by atoms with Gasteiger partial charge in [-0.15, -0.1) is 0 Å². The van der Waals surface area contributed by atoms with Crippen molar-refractivity contribution in [2.24, 2.45) is 0 Å². The van der Waals surface area contributed by atoms with E-state index in [0.717, 1.165) is 37.7 Å². The summed E-state index contributed by atoms with van der Waals surface area (Å²) in [6.45, 7) is 7.47. The van der Waals surface area contributed by atoms with Crippen molar-refractivity contribution in [2.45, 2.75) is 19.0 Å². The Morgan fingerprint density at radius 2 is 1.96 bits per heavy atom. The summed E-state index contributed by atoms with van der Waals surface area (Å²) in [7, 11) is 0. The smallest absolute Gasteiger partial charge is 0.242 e. The van der Waals surface area contributed by atoms with Crippen LogP contribution >= 0.6 is 11.6 Å². The average molecular weight is 338 g/mol. The van der Waals surface area contributed by atoms with Crippen LogP contribution in [0.1, 0.15) is 18.5 Å². The second-order valence-corrected chi connectivity index (χ2v) is 6.61. The maximum atomic E-state index is 12.5. The molecule has 1 aromatic rings. The van der Waals surface area contributed by atoms with Crippen LogP contribution in [0.2, 0.25) is 5.02 Å². The molecule has 5 nitrogen and oxygen atoms in total. The number of hydrogen-bond acceptors (Lipinski definition) is 4. The van der Waals surface area contributed by atoms with Crippen molar-refractivity contribution in [3.8, 4) is 0 Å². The lowest BCUT2D eigenvalue weighted by molar-refractivity contribution is -0.138. The first-order chi connectivity index (χ1) is 11.1. The monoisotopic (exact) mass is 337 g/mol. The number of carbonyl (C=O) groups is 1. The van der Waals surface area contributed by atoms with Crippen LogP contribution in [0.25, 0.3) is 0 Å². The highest BCUT2D eigenvalue weighted by Crippen LogP contribution is 2.23. The molecular weight excluding hydrogens is 314 g/mol. The maximum Gasteiger partial charge on any atom is 0.242 e. The Morgan fingerprint density at radius 1 is 1.26 bits per heavy atom. The Morgan fingerprint density at radius 3 is 2.57 bits per heavy atom. The minimum absolute atomic E-state index is 0.170. The van der Waals surface area contributed by atoms with Gasteiger partial charge in [0.2, 0.25) is 5.91 Å². The zero-order chi connectivity index (χ0) is 16.2. The molecule has 2 fully saturated rings. The Hall–Kier alpha value is -1.14. The van der Waals surface area contributed by atoms with Crippen molar-refractivity contribution in [1.29, 1.82) is 0 Å². The van der Waals surface area contributed by atoms with Crippen LogP contribution in [0.4, 0.5) is 0 Å². The molecule has 2 aliphatic heterocycles. The van der Waals surface area contributed by atoms with E-state index in [-0.39, 0.29) is 11.9 Å². The number of rotatable bonds is 3. The van der Waals surface area contributed by atoms with Crippen molar-refractivity contribution in [3.05, 3.63) is 34.9 Å².